The van der Waals surface area contributed by atoms with Crippen LogP contribution in [0.3, 0.4) is 0 Å². The van der Waals surface area contributed by atoms with Gasteiger partial charge in [0.15, 0.2) is 6.61 Å². The van der Waals surface area contributed by atoms with E-state index in [2.05, 4.69) is 10.1 Å². The van der Waals surface area contributed by atoms with E-state index in [4.69, 9.17) is 16.3 Å². The average Bonchev–Trinajstić information content (AvgIpc) is 2.55. The Bertz CT molecular complexity index is 753. The molecular formula is C18H18ClNO4. The van der Waals surface area contributed by atoms with Crippen LogP contribution in [0.1, 0.15) is 21.5 Å². The van der Waals surface area contributed by atoms with Crippen molar-refractivity contribution >= 4 is 29.2 Å². The fourth-order valence-corrected chi connectivity index (χ4v) is 2.38. The van der Waals surface area contributed by atoms with Crippen LogP contribution in [0.4, 0.5) is 5.69 Å². The number of nitrogens with one attached hydrogen (secondary N) is 1. The Morgan fingerprint density at radius 3 is 2.42 bits per heavy atom. The Kier molecular flexibility index (Phi) is 5.82. The Balaban J connectivity index is 2.06. The van der Waals surface area contributed by atoms with Gasteiger partial charge in [-0.3, -0.25) is 4.79 Å². The number of hydrogen-bond acceptors (Lipinski definition) is 4. The summed E-state index contributed by atoms with van der Waals surface area (Å²) in [6, 6.07) is 10.3. The summed E-state index contributed by atoms with van der Waals surface area (Å²) in [5, 5.41) is 2.96. The number of ether oxygens (including phenoxy) is 2. The normalized spacial score (nSPS) is 10.2. The van der Waals surface area contributed by atoms with Gasteiger partial charge in [0.1, 0.15) is 5.75 Å². The molecule has 0 spiro atoms. The molecule has 0 heterocycles. The first kappa shape index (κ1) is 17.8. The largest absolute Gasteiger partial charge is 0.483 e. The Morgan fingerprint density at radius 1 is 1.12 bits per heavy atom. The standard InChI is InChI=1S/C18H18ClNO4/c1-11-5-4-6-12(2)17(11)24-10-16(21)20-15-9-13(18(22)23-3)7-8-14(15)19/h4-9H,10H2,1-3H3,(H,20,21). The topological polar surface area (TPSA) is 64.6 Å². The van der Waals surface area contributed by atoms with E-state index in [0.29, 0.717) is 22.0 Å². The number of aryl methyl sites for hydroxylation is 2. The first-order valence-corrected chi connectivity index (χ1v) is 7.67. The van der Waals surface area contributed by atoms with Crippen molar-refractivity contribution in [3.8, 4) is 5.75 Å². The van der Waals surface area contributed by atoms with Crippen molar-refractivity contribution in [3.63, 3.8) is 0 Å². The van der Waals surface area contributed by atoms with Crippen LogP contribution in [0.2, 0.25) is 5.02 Å². The van der Waals surface area contributed by atoms with Gasteiger partial charge in [-0.25, -0.2) is 4.79 Å². The van der Waals surface area contributed by atoms with Gasteiger partial charge in [0, 0.05) is 0 Å². The smallest absolute Gasteiger partial charge is 0.337 e. The van der Waals surface area contributed by atoms with E-state index in [-0.39, 0.29) is 12.5 Å². The average molecular weight is 348 g/mol. The molecular weight excluding hydrogens is 330 g/mol. The monoisotopic (exact) mass is 347 g/mol. The van der Waals surface area contributed by atoms with E-state index in [9.17, 15) is 9.59 Å². The third-order valence-electron chi connectivity index (χ3n) is 3.42. The van der Waals surface area contributed by atoms with Gasteiger partial charge in [0.2, 0.25) is 0 Å². The minimum Gasteiger partial charge on any atom is -0.483 e. The maximum absolute atomic E-state index is 12.1. The Labute approximate surface area is 145 Å². The molecule has 0 aromatic heterocycles. The number of carbonyl (C=O) groups is 2. The molecule has 0 aliphatic carbocycles. The Hall–Kier alpha value is -2.53. The van der Waals surface area contributed by atoms with Crippen LogP contribution in [-0.2, 0) is 9.53 Å². The van der Waals surface area contributed by atoms with Crippen LogP contribution in [-0.4, -0.2) is 25.6 Å². The molecule has 24 heavy (non-hydrogen) atoms. The lowest BCUT2D eigenvalue weighted by atomic mass is 10.1. The van der Waals surface area contributed by atoms with Gasteiger partial charge in [-0.15, -0.1) is 0 Å². The molecule has 6 heteroatoms. The highest BCUT2D eigenvalue weighted by Crippen LogP contribution is 2.24. The third kappa shape index (κ3) is 4.26. The highest BCUT2D eigenvalue weighted by Gasteiger charge is 2.12. The predicted octanol–water partition coefficient (Wildman–Crippen LogP) is 3.76. The van der Waals surface area contributed by atoms with Crippen LogP contribution in [0, 0.1) is 13.8 Å². The van der Waals surface area contributed by atoms with Gasteiger partial charge in [-0.2, -0.15) is 0 Å². The second-order valence-corrected chi connectivity index (χ2v) is 5.65. The van der Waals surface area contributed by atoms with E-state index in [1.54, 1.807) is 0 Å². The number of rotatable bonds is 5. The minimum absolute atomic E-state index is 0.162. The minimum atomic E-state index is -0.506. The SMILES string of the molecule is COC(=O)c1ccc(Cl)c(NC(=O)COc2c(C)cccc2C)c1. The van der Waals surface area contributed by atoms with Crippen molar-refractivity contribution in [2.75, 3.05) is 19.0 Å². The van der Waals surface area contributed by atoms with Crippen LogP contribution < -0.4 is 10.1 Å². The van der Waals surface area contributed by atoms with Crippen molar-refractivity contribution in [2.45, 2.75) is 13.8 Å². The maximum atomic E-state index is 12.1. The number of para-hydroxylation sites is 1. The van der Waals surface area contributed by atoms with E-state index >= 15 is 0 Å². The molecule has 2 aromatic rings. The zero-order chi connectivity index (χ0) is 17.7. The highest BCUT2D eigenvalue weighted by atomic mass is 35.5. The van der Waals surface area contributed by atoms with E-state index in [1.807, 2.05) is 32.0 Å². The molecule has 2 rings (SSSR count). The first-order valence-electron chi connectivity index (χ1n) is 7.29. The zero-order valence-corrected chi connectivity index (χ0v) is 14.4. The molecule has 126 valence electrons. The molecule has 0 unspecified atom stereocenters. The quantitative estimate of drug-likeness (QED) is 0.836. The first-order chi connectivity index (χ1) is 11.4. The van der Waals surface area contributed by atoms with Crippen LogP contribution in [0.5, 0.6) is 5.75 Å². The molecule has 0 atom stereocenters. The van der Waals surface area contributed by atoms with Gasteiger partial charge in [-0.1, -0.05) is 29.8 Å². The number of benzene rings is 2. The van der Waals surface area contributed by atoms with Crippen molar-refractivity contribution in [3.05, 3.63) is 58.1 Å². The predicted molar refractivity (Wildman–Crippen MR) is 92.8 cm³/mol. The molecule has 5 nitrogen and oxygen atoms in total. The van der Waals surface area contributed by atoms with E-state index < -0.39 is 5.97 Å². The molecule has 0 saturated carbocycles. The molecule has 1 N–H and O–H groups in total. The molecule has 0 aliphatic heterocycles. The summed E-state index contributed by atoms with van der Waals surface area (Å²) in [6.45, 7) is 3.67. The number of halogens is 1. The molecule has 0 bridgehead atoms. The number of carbonyl (C=O) groups excluding carboxylic acids is 2. The van der Waals surface area contributed by atoms with Gasteiger partial charge >= 0.3 is 5.97 Å². The summed E-state index contributed by atoms with van der Waals surface area (Å²) in [7, 11) is 1.29. The number of anilines is 1. The molecule has 0 aliphatic rings. The molecule has 0 saturated heterocycles. The Morgan fingerprint density at radius 2 is 1.79 bits per heavy atom. The van der Waals surface area contributed by atoms with E-state index in [1.165, 1.54) is 25.3 Å². The summed E-state index contributed by atoms with van der Waals surface area (Å²) >= 11 is 6.05. The number of hydrogen-bond donors (Lipinski definition) is 1. The molecule has 2 aromatic carbocycles. The zero-order valence-electron chi connectivity index (χ0n) is 13.7. The van der Waals surface area contributed by atoms with Crippen LogP contribution >= 0.6 is 11.6 Å². The molecule has 1 amide bonds. The maximum Gasteiger partial charge on any atom is 0.337 e. The van der Waals surface area contributed by atoms with E-state index in [0.717, 1.165) is 11.1 Å². The third-order valence-corrected chi connectivity index (χ3v) is 3.75. The number of esters is 1. The van der Waals surface area contributed by atoms with Crippen molar-refractivity contribution in [1.29, 1.82) is 0 Å². The summed E-state index contributed by atoms with van der Waals surface area (Å²) in [5.74, 6) is -0.197. The lowest BCUT2D eigenvalue weighted by Crippen LogP contribution is -2.21. The fraction of sp³-hybridized carbons (Fsp3) is 0.222. The summed E-state index contributed by atoms with van der Waals surface area (Å²) in [4.78, 5) is 23.6. The summed E-state index contributed by atoms with van der Waals surface area (Å²) in [6.07, 6.45) is 0. The number of amides is 1. The summed E-state index contributed by atoms with van der Waals surface area (Å²) in [5.41, 5.74) is 2.53. The van der Waals surface area contributed by atoms with Crippen LogP contribution in [0.15, 0.2) is 36.4 Å². The highest BCUT2D eigenvalue weighted by molar-refractivity contribution is 6.33. The van der Waals surface area contributed by atoms with Crippen molar-refractivity contribution in [1.82, 2.24) is 0 Å². The van der Waals surface area contributed by atoms with Gasteiger partial charge in [0.05, 0.1) is 23.4 Å². The lowest BCUT2D eigenvalue weighted by molar-refractivity contribution is -0.118. The van der Waals surface area contributed by atoms with Crippen molar-refractivity contribution in [2.24, 2.45) is 0 Å². The van der Waals surface area contributed by atoms with Gasteiger partial charge in [-0.05, 0) is 43.2 Å². The van der Waals surface area contributed by atoms with Gasteiger partial charge < -0.3 is 14.8 Å². The second-order valence-electron chi connectivity index (χ2n) is 5.24. The number of methoxy groups -OCH3 is 1. The van der Waals surface area contributed by atoms with Crippen molar-refractivity contribution < 1.29 is 19.1 Å². The van der Waals surface area contributed by atoms with Gasteiger partial charge in [0.25, 0.3) is 5.91 Å². The second kappa shape index (κ2) is 7.84. The molecule has 0 radical (unpaired) electrons. The van der Waals surface area contributed by atoms with Crippen LogP contribution in [0.25, 0.3) is 0 Å². The molecule has 0 fully saturated rings. The summed E-state index contributed by atoms with van der Waals surface area (Å²) < 4.78 is 10.2. The fourth-order valence-electron chi connectivity index (χ4n) is 2.22. The lowest BCUT2D eigenvalue weighted by Gasteiger charge is -2.13.